The number of hydrogen-bond donors (Lipinski definition) is 0. The number of carbonyl (C=O) groups is 1. The van der Waals surface area contributed by atoms with E-state index in [0.29, 0.717) is 5.75 Å². The fourth-order valence-electron chi connectivity index (χ4n) is 1.22. The van der Waals surface area contributed by atoms with E-state index < -0.39 is 10.9 Å². The van der Waals surface area contributed by atoms with Crippen LogP contribution in [0.15, 0.2) is 17.2 Å². The standard InChI is InChI=1S/C11H15N3O4S/c1-13(2)6-7-19-10-9(14(16)17)5-4-8(12-10)11(15)18-3/h4-5H,6-7H2,1-3H3. The molecule has 7 nitrogen and oxygen atoms in total. The lowest BCUT2D eigenvalue weighted by atomic mass is 10.3. The average Bonchev–Trinajstić information content (AvgIpc) is 2.37. The van der Waals surface area contributed by atoms with E-state index in [1.165, 1.54) is 31.0 Å². The van der Waals surface area contributed by atoms with Gasteiger partial charge < -0.3 is 9.64 Å². The van der Waals surface area contributed by atoms with Crippen LogP contribution in [0, 0.1) is 10.1 Å². The minimum Gasteiger partial charge on any atom is -0.464 e. The Bertz CT molecular complexity index is 479. The molecule has 0 aromatic carbocycles. The maximum absolute atomic E-state index is 11.4. The highest BCUT2D eigenvalue weighted by molar-refractivity contribution is 7.99. The Morgan fingerprint density at radius 2 is 2.21 bits per heavy atom. The zero-order valence-electron chi connectivity index (χ0n) is 11.0. The maximum atomic E-state index is 11.4. The molecular weight excluding hydrogens is 270 g/mol. The Hall–Kier alpha value is -1.67. The van der Waals surface area contributed by atoms with E-state index in [0.717, 1.165) is 6.54 Å². The van der Waals surface area contributed by atoms with Gasteiger partial charge in [-0.15, -0.1) is 0 Å². The summed E-state index contributed by atoms with van der Waals surface area (Å²) in [6.07, 6.45) is 0. The molecule has 0 aliphatic rings. The summed E-state index contributed by atoms with van der Waals surface area (Å²) in [4.78, 5) is 27.7. The van der Waals surface area contributed by atoms with E-state index in [4.69, 9.17) is 0 Å². The molecule has 0 fully saturated rings. The fraction of sp³-hybridized carbons (Fsp3) is 0.455. The number of nitro groups is 1. The van der Waals surface area contributed by atoms with Gasteiger partial charge in [-0.25, -0.2) is 9.78 Å². The van der Waals surface area contributed by atoms with Gasteiger partial charge >= 0.3 is 11.7 Å². The molecule has 1 heterocycles. The summed E-state index contributed by atoms with van der Waals surface area (Å²) < 4.78 is 4.55. The molecule has 0 bridgehead atoms. The second kappa shape index (κ2) is 7.05. The number of rotatable bonds is 6. The van der Waals surface area contributed by atoms with Crippen LogP contribution in [-0.4, -0.2) is 54.3 Å². The van der Waals surface area contributed by atoms with Crippen molar-refractivity contribution in [3.8, 4) is 0 Å². The van der Waals surface area contributed by atoms with Crippen LogP contribution < -0.4 is 0 Å². The smallest absolute Gasteiger partial charge is 0.356 e. The van der Waals surface area contributed by atoms with Crippen LogP contribution in [0.25, 0.3) is 0 Å². The van der Waals surface area contributed by atoms with Crippen molar-refractivity contribution in [3.05, 3.63) is 27.9 Å². The van der Waals surface area contributed by atoms with Crippen LogP contribution in [0.4, 0.5) is 5.69 Å². The molecule has 1 rings (SSSR count). The summed E-state index contributed by atoms with van der Waals surface area (Å²) in [6, 6.07) is 2.57. The molecule has 104 valence electrons. The summed E-state index contributed by atoms with van der Waals surface area (Å²) in [7, 11) is 5.06. The minimum absolute atomic E-state index is 0.0699. The van der Waals surface area contributed by atoms with Crippen molar-refractivity contribution in [2.75, 3.05) is 33.5 Å². The summed E-state index contributed by atoms with van der Waals surface area (Å²) >= 11 is 1.24. The third-order valence-electron chi connectivity index (χ3n) is 2.21. The molecule has 0 saturated heterocycles. The van der Waals surface area contributed by atoms with Gasteiger partial charge in [0.15, 0.2) is 5.03 Å². The molecule has 0 unspecified atom stereocenters. The van der Waals surface area contributed by atoms with Gasteiger partial charge in [-0.05, 0) is 20.2 Å². The van der Waals surface area contributed by atoms with E-state index >= 15 is 0 Å². The van der Waals surface area contributed by atoms with E-state index in [-0.39, 0.29) is 16.4 Å². The normalized spacial score (nSPS) is 10.5. The number of aromatic nitrogens is 1. The molecule has 0 amide bonds. The zero-order valence-corrected chi connectivity index (χ0v) is 11.8. The average molecular weight is 285 g/mol. The summed E-state index contributed by atoms with van der Waals surface area (Å²) in [5.41, 5.74) is -0.0307. The highest BCUT2D eigenvalue weighted by atomic mass is 32.2. The second-order valence-corrected chi connectivity index (χ2v) is 5.00. The van der Waals surface area contributed by atoms with Gasteiger partial charge in [0.2, 0.25) is 0 Å². The Balaban J connectivity index is 2.95. The van der Waals surface area contributed by atoms with Crippen LogP contribution in [-0.2, 0) is 4.74 Å². The Morgan fingerprint density at radius 1 is 1.53 bits per heavy atom. The van der Waals surface area contributed by atoms with Crippen molar-refractivity contribution in [3.63, 3.8) is 0 Å². The molecule has 0 saturated carbocycles. The van der Waals surface area contributed by atoms with Crippen molar-refractivity contribution in [2.24, 2.45) is 0 Å². The van der Waals surface area contributed by atoms with Gasteiger partial charge in [0.1, 0.15) is 5.69 Å². The predicted octanol–water partition coefficient (Wildman–Crippen LogP) is 1.43. The van der Waals surface area contributed by atoms with Crippen LogP contribution >= 0.6 is 11.8 Å². The number of nitrogens with zero attached hydrogens (tertiary/aromatic N) is 3. The van der Waals surface area contributed by atoms with E-state index in [1.807, 2.05) is 19.0 Å². The first-order chi connectivity index (χ1) is 8.95. The van der Waals surface area contributed by atoms with Crippen molar-refractivity contribution in [1.82, 2.24) is 9.88 Å². The summed E-state index contributed by atoms with van der Waals surface area (Å²) in [5.74, 6) is 0.0372. The van der Waals surface area contributed by atoms with E-state index in [9.17, 15) is 14.9 Å². The third-order valence-corrected chi connectivity index (χ3v) is 3.17. The largest absolute Gasteiger partial charge is 0.464 e. The van der Waals surface area contributed by atoms with Crippen LogP contribution in [0.1, 0.15) is 10.5 Å². The monoisotopic (exact) mass is 285 g/mol. The first kappa shape index (κ1) is 15.4. The van der Waals surface area contributed by atoms with Crippen LogP contribution in [0.3, 0.4) is 0 Å². The highest BCUT2D eigenvalue weighted by Gasteiger charge is 2.19. The van der Waals surface area contributed by atoms with Crippen molar-refractivity contribution >= 4 is 23.4 Å². The molecule has 0 aliphatic heterocycles. The van der Waals surface area contributed by atoms with E-state index in [1.54, 1.807) is 0 Å². The number of thioether (sulfide) groups is 1. The fourth-order valence-corrected chi connectivity index (χ4v) is 2.32. The Kier molecular flexibility index (Phi) is 5.71. The highest BCUT2D eigenvalue weighted by Crippen LogP contribution is 2.27. The summed E-state index contributed by atoms with van der Waals surface area (Å²) in [5, 5.41) is 11.1. The number of esters is 1. The van der Waals surface area contributed by atoms with Crippen molar-refractivity contribution < 1.29 is 14.5 Å². The lowest BCUT2D eigenvalue weighted by molar-refractivity contribution is -0.388. The predicted molar refractivity (Wildman–Crippen MR) is 71.5 cm³/mol. The topological polar surface area (TPSA) is 85.6 Å². The molecule has 0 spiro atoms. The van der Waals surface area contributed by atoms with Crippen LogP contribution in [0.2, 0.25) is 0 Å². The summed E-state index contributed by atoms with van der Waals surface area (Å²) in [6.45, 7) is 0.756. The molecule has 1 aromatic rings. The molecule has 0 N–H and O–H groups in total. The van der Waals surface area contributed by atoms with E-state index in [2.05, 4.69) is 9.72 Å². The Labute approximate surface area is 115 Å². The van der Waals surface area contributed by atoms with Gasteiger partial charge in [-0.1, -0.05) is 11.8 Å². The van der Waals surface area contributed by atoms with Gasteiger partial charge in [0.05, 0.1) is 12.0 Å². The molecule has 0 radical (unpaired) electrons. The molecule has 0 atom stereocenters. The molecular formula is C11H15N3O4S. The molecule has 8 heteroatoms. The number of methoxy groups -OCH3 is 1. The third kappa shape index (κ3) is 4.49. The number of ether oxygens (including phenoxy) is 1. The SMILES string of the molecule is COC(=O)c1ccc([N+](=O)[O-])c(SCCN(C)C)n1. The van der Waals surface area contributed by atoms with Gasteiger partial charge in [0.25, 0.3) is 0 Å². The molecule has 19 heavy (non-hydrogen) atoms. The first-order valence-electron chi connectivity index (χ1n) is 5.47. The van der Waals surface area contributed by atoms with Gasteiger partial charge in [-0.3, -0.25) is 10.1 Å². The quantitative estimate of drug-likeness (QED) is 0.338. The van der Waals surface area contributed by atoms with Crippen molar-refractivity contribution in [1.29, 1.82) is 0 Å². The number of pyridine rings is 1. The maximum Gasteiger partial charge on any atom is 0.356 e. The zero-order chi connectivity index (χ0) is 14.4. The molecule has 0 aliphatic carbocycles. The minimum atomic E-state index is -0.607. The van der Waals surface area contributed by atoms with Gasteiger partial charge in [0, 0.05) is 18.4 Å². The number of hydrogen-bond acceptors (Lipinski definition) is 7. The lowest BCUT2D eigenvalue weighted by Gasteiger charge is -2.08. The molecule has 1 aromatic heterocycles. The van der Waals surface area contributed by atoms with Gasteiger partial charge in [-0.2, -0.15) is 0 Å². The van der Waals surface area contributed by atoms with Crippen LogP contribution in [0.5, 0.6) is 0 Å². The van der Waals surface area contributed by atoms with Crippen molar-refractivity contribution in [2.45, 2.75) is 5.03 Å². The first-order valence-corrected chi connectivity index (χ1v) is 6.45. The number of carbonyl (C=O) groups excluding carboxylic acids is 1. The Morgan fingerprint density at radius 3 is 2.74 bits per heavy atom. The lowest BCUT2D eigenvalue weighted by Crippen LogP contribution is -2.15. The second-order valence-electron chi connectivity index (χ2n) is 3.92.